The average molecular weight is 356 g/mol. The van der Waals surface area contributed by atoms with Gasteiger partial charge in [0, 0.05) is 25.7 Å². The molecule has 1 aromatic rings. The van der Waals surface area contributed by atoms with Gasteiger partial charge in [0.15, 0.2) is 11.6 Å². The minimum Gasteiger partial charge on any atom is -0.491 e. The molecule has 1 aliphatic rings. The van der Waals surface area contributed by atoms with E-state index in [1.165, 1.54) is 6.07 Å². The first-order valence-corrected chi connectivity index (χ1v) is 8.82. The summed E-state index contributed by atoms with van der Waals surface area (Å²) in [5, 5.41) is 3.21. The van der Waals surface area contributed by atoms with E-state index in [1.54, 1.807) is 4.90 Å². The number of nitrogens with zero attached hydrogens (tertiary/aromatic N) is 1. The fourth-order valence-corrected chi connectivity index (χ4v) is 2.73. The predicted molar refractivity (Wildman–Crippen MR) is 90.6 cm³/mol. The van der Waals surface area contributed by atoms with E-state index in [0.717, 1.165) is 25.3 Å². The molecule has 7 heteroatoms. The third-order valence-corrected chi connectivity index (χ3v) is 4.30. The molecule has 1 aromatic carbocycles. The van der Waals surface area contributed by atoms with E-state index in [0.29, 0.717) is 26.2 Å². The molecule has 1 heterocycles. The van der Waals surface area contributed by atoms with Crippen molar-refractivity contribution in [3.05, 3.63) is 29.3 Å². The van der Waals surface area contributed by atoms with Crippen molar-refractivity contribution in [2.45, 2.75) is 45.8 Å². The average Bonchev–Trinajstić information content (AvgIpc) is 2.63. The Labute approximate surface area is 147 Å². The second-order valence-corrected chi connectivity index (χ2v) is 6.05. The SMILES string of the molecule is CCCCOc1ccc(F)c(COC(=O)N2CCNC[C@H]2CC)c1F. The van der Waals surface area contributed by atoms with Crippen LogP contribution in [0.15, 0.2) is 12.1 Å². The quantitative estimate of drug-likeness (QED) is 0.760. The van der Waals surface area contributed by atoms with Gasteiger partial charge < -0.3 is 19.7 Å². The number of hydrogen-bond acceptors (Lipinski definition) is 4. The highest BCUT2D eigenvalue weighted by Gasteiger charge is 2.27. The van der Waals surface area contributed by atoms with Gasteiger partial charge in [-0.3, -0.25) is 0 Å². The molecule has 25 heavy (non-hydrogen) atoms. The maximum atomic E-state index is 14.4. The molecular formula is C18H26F2N2O3. The van der Waals surface area contributed by atoms with Crippen LogP contribution in [0.4, 0.5) is 13.6 Å². The molecule has 1 aliphatic heterocycles. The first-order chi connectivity index (χ1) is 12.1. The lowest BCUT2D eigenvalue weighted by Gasteiger charge is -2.34. The summed E-state index contributed by atoms with van der Waals surface area (Å²) in [7, 11) is 0. The number of nitrogens with one attached hydrogen (secondary N) is 1. The van der Waals surface area contributed by atoms with Crippen LogP contribution in [-0.2, 0) is 11.3 Å². The summed E-state index contributed by atoms with van der Waals surface area (Å²) >= 11 is 0. The number of unbranched alkanes of at least 4 members (excludes halogenated alkanes) is 1. The molecular weight excluding hydrogens is 330 g/mol. The van der Waals surface area contributed by atoms with Gasteiger partial charge in [-0.05, 0) is 25.0 Å². The largest absolute Gasteiger partial charge is 0.491 e. The molecule has 140 valence electrons. The lowest BCUT2D eigenvalue weighted by Crippen LogP contribution is -2.53. The fraction of sp³-hybridized carbons (Fsp3) is 0.611. The highest BCUT2D eigenvalue weighted by molar-refractivity contribution is 5.68. The molecule has 1 atom stereocenters. The molecule has 0 unspecified atom stereocenters. The summed E-state index contributed by atoms with van der Waals surface area (Å²) in [6.45, 7) is 5.76. The Balaban J connectivity index is 2.01. The molecule has 0 bridgehead atoms. The number of carbonyl (C=O) groups excluding carboxylic acids is 1. The van der Waals surface area contributed by atoms with Crippen molar-refractivity contribution in [2.75, 3.05) is 26.2 Å². The van der Waals surface area contributed by atoms with Crippen molar-refractivity contribution in [2.24, 2.45) is 0 Å². The number of ether oxygens (including phenoxy) is 2. The van der Waals surface area contributed by atoms with E-state index < -0.39 is 24.3 Å². The second kappa shape index (κ2) is 9.56. The summed E-state index contributed by atoms with van der Waals surface area (Å²) in [4.78, 5) is 13.9. The van der Waals surface area contributed by atoms with Gasteiger partial charge in [0.2, 0.25) is 0 Å². The molecule has 5 nitrogen and oxygen atoms in total. The van der Waals surface area contributed by atoms with Gasteiger partial charge >= 0.3 is 6.09 Å². The van der Waals surface area contributed by atoms with Crippen molar-refractivity contribution in [1.29, 1.82) is 0 Å². The lowest BCUT2D eigenvalue weighted by molar-refractivity contribution is 0.0697. The molecule has 1 saturated heterocycles. The highest BCUT2D eigenvalue weighted by Crippen LogP contribution is 2.24. The lowest BCUT2D eigenvalue weighted by atomic mass is 10.1. The van der Waals surface area contributed by atoms with Crippen LogP contribution >= 0.6 is 0 Å². The van der Waals surface area contributed by atoms with Crippen LogP contribution in [0.2, 0.25) is 0 Å². The van der Waals surface area contributed by atoms with Gasteiger partial charge in [0.05, 0.1) is 12.2 Å². The van der Waals surface area contributed by atoms with E-state index in [-0.39, 0.29) is 17.4 Å². The van der Waals surface area contributed by atoms with Gasteiger partial charge in [0.1, 0.15) is 12.4 Å². The molecule has 1 N–H and O–H groups in total. The van der Waals surface area contributed by atoms with Crippen molar-refractivity contribution < 1.29 is 23.0 Å². The van der Waals surface area contributed by atoms with Crippen molar-refractivity contribution in [1.82, 2.24) is 10.2 Å². The summed E-state index contributed by atoms with van der Waals surface area (Å²) in [6.07, 6.45) is 1.93. The van der Waals surface area contributed by atoms with E-state index in [4.69, 9.17) is 9.47 Å². The summed E-state index contributed by atoms with van der Waals surface area (Å²) in [5.41, 5.74) is -0.287. The van der Waals surface area contributed by atoms with E-state index in [1.807, 2.05) is 13.8 Å². The normalized spacial score (nSPS) is 17.4. The molecule has 0 saturated carbocycles. The Morgan fingerprint density at radius 2 is 2.16 bits per heavy atom. The molecule has 2 rings (SSSR count). The number of carbonyl (C=O) groups is 1. The van der Waals surface area contributed by atoms with Gasteiger partial charge in [-0.25, -0.2) is 13.6 Å². The minimum absolute atomic E-state index is 0.0190. The van der Waals surface area contributed by atoms with E-state index in [2.05, 4.69) is 5.32 Å². The standard InChI is InChI=1S/C18H26F2N2O3/c1-3-5-10-24-16-7-6-15(19)14(17(16)20)12-25-18(23)22-9-8-21-11-13(22)4-2/h6-7,13,21H,3-5,8-12H2,1-2H3/t13-/m1/s1. The second-order valence-electron chi connectivity index (χ2n) is 6.05. The van der Waals surface area contributed by atoms with Crippen molar-refractivity contribution in [3.8, 4) is 5.75 Å². The zero-order valence-electron chi connectivity index (χ0n) is 14.8. The summed E-state index contributed by atoms with van der Waals surface area (Å²) in [6, 6.07) is 2.42. The number of amides is 1. The predicted octanol–water partition coefficient (Wildman–Crippen LogP) is 3.46. The molecule has 0 aliphatic carbocycles. The maximum absolute atomic E-state index is 14.4. The van der Waals surface area contributed by atoms with Gasteiger partial charge in [0.25, 0.3) is 0 Å². The zero-order chi connectivity index (χ0) is 18.2. The Morgan fingerprint density at radius 3 is 2.88 bits per heavy atom. The Hall–Kier alpha value is -1.89. The Kier molecular flexibility index (Phi) is 7.43. The van der Waals surface area contributed by atoms with E-state index in [9.17, 15) is 13.6 Å². The molecule has 0 aromatic heterocycles. The van der Waals surface area contributed by atoms with E-state index >= 15 is 0 Å². The van der Waals surface area contributed by atoms with Crippen molar-refractivity contribution in [3.63, 3.8) is 0 Å². The van der Waals surface area contributed by atoms with Crippen LogP contribution in [0, 0.1) is 11.6 Å². The Bertz CT molecular complexity index is 584. The third-order valence-electron chi connectivity index (χ3n) is 4.30. The van der Waals surface area contributed by atoms with Crippen LogP contribution < -0.4 is 10.1 Å². The van der Waals surface area contributed by atoms with Crippen LogP contribution in [-0.4, -0.2) is 43.3 Å². The topological polar surface area (TPSA) is 50.8 Å². The molecule has 1 amide bonds. The smallest absolute Gasteiger partial charge is 0.410 e. The van der Waals surface area contributed by atoms with Crippen LogP contribution in [0.1, 0.15) is 38.7 Å². The van der Waals surface area contributed by atoms with Crippen LogP contribution in [0.5, 0.6) is 5.75 Å². The number of halogens is 2. The zero-order valence-corrected chi connectivity index (χ0v) is 14.8. The minimum atomic E-state index is -0.809. The monoisotopic (exact) mass is 356 g/mol. The summed E-state index contributed by atoms with van der Waals surface area (Å²) in [5.74, 6) is -1.58. The first kappa shape index (κ1) is 19.4. The summed E-state index contributed by atoms with van der Waals surface area (Å²) < 4.78 is 38.9. The van der Waals surface area contributed by atoms with Crippen molar-refractivity contribution >= 4 is 6.09 Å². The number of benzene rings is 1. The molecule has 0 spiro atoms. The fourth-order valence-electron chi connectivity index (χ4n) is 2.73. The molecule has 0 radical (unpaired) electrons. The van der Waals surface area contributed by atoms with Gasteiger partial charge in [-0.15, -0.1) is 0 Å². The van der Waals surface area contributed by atoms with Gasteiger partial charge in [-0.2, -0.15) is 0 Å². The Morgan fingerprint density at radius 1 is 1.36 bits per heavy atom. The van der Waals surface area contributed by atoms with Gasteiger partial charge in [-0.1, -0.05) is 20.3 Å². The maximum Gasteiger partial charge on any atom is 0.410 e. The number of rotatable bonds is 7. The van der Waals surface area contributed by atoms with Crippen LogP contribution in [0.3, 0.4) is 0 Å². The number of piperazine rings is 1. The third kappa shape index (κ3) is 5.04. The number of hydrogen-bond donors (Lipinski definition) is 1. The first-order valence-electron chi connectivity index (χ1n) is 8.82. The van der Waals surface area contributed by atoms with Crippen LogP contribution in [0.25, 0.3) is 0 Å². The molecule has 1 fully saturated rings. The highest BCUT2D eigenvalue weighted by atomic mass is 19.1.